The highest BCUT2D eigenvalue weighted by atomic mass is 14.7. The Labute approximate surface area is 109 Å². The van der Waals surface area contributed by atoms with E-state index < -0.39 is 0 Å². The minimum Gasteiger partial charge on any atom is -0.397 e. The van der Waals surface area contributed by atoms with Crippen LogP contribution in [0.15, 0.2) is 18.2 Å². The minimum absolute atomic E-state index is 0.749. The zero-order valence-electron chi connectivity index (χ0n) is 11.8. The number of aromatic nitrogens is 1. The Morgan fingerprint density at radius 3 is 1.94 bits per heavy atom. The largest absolute Gasteiger partial charge is 0.397 e. The van der Waals surface area contributed by atoms with Crippen molar-refractivity contribution in [3.05, 3.63) is 46.1 Å². The molecule has 2 N–H and O–H groups in total. The summed E-state index contributed by atoms with van der Waals surface area (Å²) in [5.74, 6) is 0. The predicted molar refractivity (Wildman–Crippen MR) is 77.8 cm³/mol. The Kier molecular flexibility index (Phi) is 3.12. The molecule has 0 spiro atoms. The van der Waals surface area contributed by atoms with Crippen LogP contribution >= 0.6 is 0 Å². The van der Waals surface area contributed by atoms with E-state index in [4.69, 9.17) is 5.73 Å². The average molecular weight is 240 g/mol. The third kappa shape index (κ3) is 1.99. The van der Waals surface area contributed by atoms with Crippen LogP contribution < -0.4 is 5.73 Å². The second-order valence-electron chi connectivity index (χ2n) is 5.01. The second-order valence-corrected chi connectivity index (χ2v) is 5.01. The van der Waals surface area contributed by atoms with E-state index in [0.29, 0.717) is 0 Å². The van der Waals surface area contributed by atoms with Crippen LogP contribution in [0, 0.1) is 34.6 Å². The van der Waals surface area contributed by atoms with Crippen molar-refractivity contribution < 1.29 is 0 Å². The fourth-order valence-corrected chi connectivity index (χ4v) is 2.31. The molecule has 0 saturated heterocycles. The van der Waals surface area contributed by atoms with Gasteiger partial charge < -0.3 is 5.73 Å². The van der Waals surface area contributed by atoms with Gasteiger partial charge in [-0.05, 0) is 69.0 Å². The normalized spacial score (nSPS) is 10.7. The van der Waals surface area contributed by atoms with Gasteiger partial charge in [0.25, 0.3) is 0 Å². The predicted octanol–water partition coefficient (Wildman–Crippen LogP) is 3.87. The first-order valence-electron chi connectivity index (χ1n) is 6.22. The number of nitrogens with zero attached hydrogens (tertiary/aromatic N) is 1. The van der Waals surface area contributed by atoms with Crippen LogP contribution in [-0.4, -0.2) is 4.98 Å². The number of pyridine rings is 1. The summed E-state index contributed by atoms with van der Waals surface area (Å²) >= 11 is 0. The summed E-state index contributed by atoms with van der Waals surface area (Å²) in [7, 11) is 0. The van der Waals surface area contributed by atoms with Crippen molar-refractivity contribution in [1.29, 1.82) is 0 Å². The van der Waals surface area contributed by atoms with Gasteiger partial charge in [-0.3, -0.25) is 4.98 Å². The molecule has 0 fully saturated rings. The number of nitrogens with two attached hydrogens (primary N) is 1. The summed E-state index contributed by atoms with van der Waals surface area (Å²) in [6.45, 7) is 10.6. The molecule has 0 unspecified atom stereocenters. The van der Waals surface area contributed by atoms with E-state index in [1.54, 1.807) is 0 Å². The number of hydrogen-bond donors (Lipinski definition) is 1. The SMILES string of the molecule is Cc1cc(C)c(C)c(-c2ccc(N)c(C)n2)c1C. The van der Waals surface area contributed by atoms with Crippen LogP contribution in [0.4, 0.5) is 5.69 Å². The molecule has 2 rings (SSSR count). The van der Waals surface area contributed by atoms with Crippen LogP contribution in [-0.2, 0) is 0 Å². The van der Waals surface area contributed by atoms with Gasteiger partial charge in [-0.1, -0.05) is 6.07 Å². The molecule has 0 aliphatic rings. The molecule has 2 heteroatoms. The van der Waals surface area contributed by atoms with Crippen LogP contribution in [0.25, 0.3) is 11.3 Å². The molecule has 0 saturated carbocycles. The van der Waals surface area contributed by atoms with Crippen LogP contribution in [0.1, 0.15) is 27.9 Å². The molecule has 0 bridgehead atoms. The third-order valence-electron chi connectivity index (χ3n) is 3.75. The van der Waals surface area contributed by atoms with Gasteiger partial charge in [-0.15, -0.1) is 0 Å². The molecule has 1 aromatic carbocycles. The topological polar surface area (TPSA) is 38.9 Å². The van der Waals surface area contributed by atoms with E-state index in [1.807, 2.05) is 19.1 Å². The summed E-state index contributed by atoms with van der Waals surface area (Å²) in [5, 5.41) is 0. The maximum absolute atomic E-state index is 5.84. The molecule has 2 aromatic rings. The summed E-state index contributed by atoms with van der Waals surface area (Å²) in [4.78, 5) is 4.62. The van der Waals surface area contributed by atoms with Gasteiger partial charge in [0.2, 0.25) is 0 Å². The number of aryl methyl sites for hydroxylation is 3. The van der Waals surface area contributed by atoms with Crippen LogP contribution in [0.5, 0.6) is 0 Å². The maximum Gasteiger partial charge on any atom is 0.0712 e. The van der Waals surface area contributed by atoms with Gasteiger partial charge in [-0.25, -0.2) is 0 Å². The molecule has 2 nitrogen and oxygen atoms in total. The van der Waals surface area contributed by atoms with E-state index >= 15 is 0 Å². The highest BCUT2D eigenvalue weighted by molar-refractivity contribution is 5.71. The van der Waals surface area contributed by atoms with Gasteiger partial charge in [0.15, 0.2) is 0 Å². The maximum atomic E-state index is 5.84. The molecule has 0 atom stereocenters. The summed E-state index contributed by atoms with van der Waals surface area (Å²) in [5.41, 5.74) is 15.0. The van der Waals surface area contributed by atoms with Gasteiger partial charge in [-0.2, -0.15) is 0 Å². The fourth-order valence-electron chi connectivity index (χ4n) is 2.31. The van der Waals surface area contributed by atoms with Gasteiger partial charge >= 0.3 is 0 Å². The van der Waals surface area contributed by atoms with Crippen LogP contribution in [0.2, 0.25) is 0 Å². The molecule has 0 aliphatic carbocycles. The number of benzene rings is 1. The van der Waals surface area contributed by atoms with E-state index in [0.717, 1.165) is 17.1 Å². The quantitative estimate of drug-likeness (QED) is 0.821. The Hall–Kier alpha value is -1.83. The highest BCUT2D eigenvalue weighted by Crippen LogP contribution is 2.31. The number of anilines is 1. The monoisotopic (exact) mass is 240 g/mol. The smallest absolute Gasteiger partial charge is 0.0712 e. The standard InChI is InChI=1S/C16H20N2/c1-9-8-10(2)12(4)16(11(9)3)15-7-6-14(17)13(5)18-15/h6-8H,17H2,1-5H3. The number of nitrogen functional groups attached to an aromatic ring is 1. The summed E-state index contributed by atoms with van der Waals surface area (Å²) < 4.78 is 0. The molecule has 0 amide bonds. The summed E-state index contributed by atoms with van der Waals surface area (Å²) in [6.07, 6.45) is 0. The lowest BCUT2D eigenvalue weighted by atomic mass is 9.92. The van der Waals surface area contributed by atoms with Gasteiger partial charge in [0.1, 0.15) is 0 Å². The Bertz CT molecular complexity index is 587. The van der Waals surface area contributed by atoms with Crippen LogP contribution in [0.3, 0.4) is 0 Å². The van der Waals surface area contributed by atoms with E-state index in [2.05, 4.69) is 38.7 Å². The number of hydrogen-bond acceptors (Lipinski definition) is 2. The van der Waals surface area contributed by atoms with Crippen molar-refractivity contribution in [2.45, 2.75) is 34.6 Å². The van der Waals surface area contributed by atoms with Crippen molar-refractivity contribution in [1.82, 2.24) is 4.98 Å². The molecule has 94 valence electrons. The lowest BCUT2D eigenvalue weighted by Crippen LogP contribution is -1.99. The van der Waals surface area contributed by atoms with Crippen molar-refractivity contribution in [2.75, 3.05) is 5.73 Å². The Morgan fingerprint density at radius 2 is 1.44 bits per heavy atom. The van der Waals surface area contributed by atoms with Crippen molar-refractivity contribution in [3.8, 4) is 11.3 Å². The molecule has 0 radical (unpaired) electrons. The molecular weight excluding hydrogens is 220 g/mol. The Balaban J connectivity index is 2.74. The highest BCUT2D eigenvalue weighted by Gasteiger charge is 2.12. The first kappa shape index (κ1) is 12.6. The fraction of sp³-hybridized carbons (Fsp3) is 0.312. The first-order valence-corrected chi connectivity index (χ1v) is 6.22. The number of rotatable bonds is 1. The van der Waals surface area contributed by atoms with E-state index in [9.17, 15) is 0 Å². The molecule has 0 aliphatic heterocycles. The zero-order chi connectivity index (χ0) is 13.4. The van der Waals surface area contributed by atoms with Crippen molar-refractivity contribution >= 4 is 5.69 Å². The van der Waals surface area contributed by atoms with Crippen molar-refractivity contribution in [3.63, 3.8) is 0 Å². The zero-order valence-corrected chi connectivity index (χ0v) is 11.8. The van der Waals surface area contributed by atoms with Gasteiger partial charge in [0, 0.05) is 5.56 Å². The average Bonchev–Trinajstić information content (AvgIpc) is 2.31. The van der Waals surface area contributed by atoms with E-state index in [-0.39, 0.29) is 0 Å². The minimum atomic E-state index is 0.749. The molecule has 1 aromatic heterocycles. The lowest BCUT2D eigenvalue weighted by molar-refractivity contribution is 1.17. The van der Waals surface area contributed by atoms with Crippen molar-refractivity contribution in [2.24, 2.45) is 0 Å². The van der Waals surface area contributed by atoms with E-state index in [1.165, 1.54) is 27.8 Å². The summed E-state index contributed by atoms with van der Waals surface area (Å²) in [6, 6.07) is 6.18. The lowest BCUT2D eigenvalue weighted by Gasteiger charge is -2.15. The molecule has 18 heavy (non-hydrogen) atoms. The second kappa shape index (κ2) is 4.45. The van der Waals surface area contributed by atoms with Gasteiger partial charge in [0.05, 0.1) is 17.1 Å². The molecular formula is C16H20N2. The first-order chi connectivity index (χ1) is 8.41. The third-order valence-corrected chi connectivity index (χ3v) is 3.75. The Morgan fingerprint density at radius 1 is 0.889 bits per heavy atom. The molecule has 1 heterocycles.